The molecule has 2 aliphatic rings. The van der Waals surface area contributed by atoms with E-state index < -0.39 is 5.54 Å². The minimum absolute atomic E-state index is 0.240. The summed E-state index contributed by atoms with van der Waals surface area (Å²) in [6.07, 6.45) is 0.736. The van der Waals surface area contributed by atoms with Crippen LogP contribution in [0.3, 0.4) is 0 Å². The van der Waals surface area contributed by atoms with Crippen molar-refractivity contribution in [3.8, 4) is 0 Å². The molecule has 1 spiro atoms. The van der Waals surface area contributed by atoms with Gasteiger partial charge < -0.3 is 15.5 Å². The third-order valence-corrected chi connectivity index (χ3v) is 5.42. The monoisotopic (exact) mass is 409 g/mol. The van der Waals surface area contributed by atoms with Crippen LogP contribution in [-0.2, 0) is 6.54 Å². The lowest BCUT2D eigenvalue weighted by Crippen LogP contribution is -2.56. The molecule has 2 aromatic rings. The first-order valence-corrected chi connectivity index (χ1v) is 10.3. The van der Waals surface area contributed by atoms with Gasteiger partial charge in [-0.3, -0.25) is 10.3 Å². The van der Waals surface area contributed by atoms with E-state index in [1.807, 2.05) is 12.1 Å². The number of fused-ring (bicyclic) bond motifs is 1. The Hall–Kier alpha value is -2.93. The lowest BCUT2D eigenvalue weighted by molar-refractivity contribution is 0.220. The molecular weight excluding hydrogens is 381 g/mol. The first-order chi connectivity index (χ1) is 14.2. The van der Waals surface area contributed by atoms with E-state index in [4.69, 9.17) is 4.99 Å². The summed E-state index contributed by atoms with van der Waals surface area (Å²) in [5.74, 6) is 0.471. The Morgan fingerprint density at radius 2 is 2.00 bits per heavy atom. The van der Waals surface area contributed by atoms with Crippen molar-refractivity contribution in [3.05, 3.63) is 59.9 Å². The van der Waals surface area contributed by atoms with Gasteiger partial charge in [0.05, 0.1) is 11.1 Å². The third-order valence-electron chi connectivity index (χ3n) is 5.42. The number of amidine groups is 1. The second-order valence-electron chi connectivity index (χ2n) is 8.96. The average Bonchev–Trinajstić information content (AvgIpc) is 3.05. The molecular formula is C23H28FN5O. The zero-order chi connectivity index (χ0) is 21.4. The van der Waals surface area contributed by atoms with Gasteiger partial charge in [0.2, 0.25) is 0 Å². The number of hydrogen-bond acceptors (Lipinski definition) is 3. The molecule has 0 bridgehead atoms. The maximum absolute atomic E-state index is 13.5. The standard InChI is InChI=1S/C23H28FN5O/c1-22(2,3)28-20-23(25-14-16-7-4-5-10-19(16)27-20)11-12-29(15-23)21(30)26-18-9-6-8-17(24)13-18/h4-10,13,25H,11-12,14-15H2,1-3H3,(H,26,30)(H,27,28). The van der Waals surface area contributed by atoms with Gasteiger partial charge in [-0.15, -0.1) is 0 Å². The van der Waals surface area contributed by atoms with E-state index in [2.05, 4.69) is 48.9 Å². The highest BCUT2D eigenvalue weighted by atomic mass is 19.1. The number of nitrogens with zero attached hydrogens (tertiary/aromatic N) is 2. The van der Waals surface area contributed by atoms with Crippen LogP contribution in [0, 0.1) is 5.82 Å². The van der Waals surface area contributed by atoms with Crippen LogP contribution in [0.25, 0.3) is 0 Å². The number of para-hydroxylation sites is 1. The molecule has 0 aliphatic carbocycles. The molecule has 2 amide bonds. The molecule has 2 heterocycles. The molecule has 1 saturated heterocycles. The summed E-state index contributed by atoms with van der Waals surface area (Å²) in [7, 11) is 0. The molecule has 4 rings (SSSR count). The van der Waals surface area contributed by atoms with Crippen molar-refractivity contribution in [1.29, 1.82) is 0 Å². The van der Waals surface area contributed by atoms with Gasteiger partial charge in [0, 0.05) is 31.0 Å². The third kappa shape index (κ3) is 4.31. The van der Waals surface area contributed by atoms with Crippen LogP contribution >= 0.6 is 0 Å². The number of hydrogen-bond donors (Lipinski definition) is 3. The molecule has 6 nitrogen and oxygen atoms in total. The SMILES string of the molecule is CC(C)(C)N=C1Nc2ccccc2CNC12CCN(C(=O)Nc1cccc(F)c1)C2. The lowest BCUT2D eigenvalue weighted by Gasteiger charge is -2.32. The molecule has 2 aromatic carbocycles. The van der Waals surface area contributed by atoms with Crippen molar-refractivity contribution in [2.75, 3.05) is 23.7 Å². The van der Waals surface area contributed by atoms with Crippen molar-refractivity contribution < 1.29 is 9.18 Å². The van der Waals surface area contributed by atoms with E-state index in [1.54, 1.807) is 17.0 Å². The van der Waals surface area contributed by atoms with E-state index >= 15 is 0 Å². The predicted molar refractivity (Wildman–Crippen MR) is 118 cm³/mol. The number of urea groups is 1. The quantitative estimate of drug-likeness (QED) is 0.661. The Labute approximate surface area is 176 Å². The maximum atomic E-state index is 13.5. The van der Waals surface area contributed by atoms with E-state index in [-0.39, 0.29) is 17.4 Å². The average molecular weight is 410 g/mol. The van der Waals surface area contributed by atoms with Crippen LogP contribution in [0.5, 0.6) is 0 Å². The van der Waals surface area contributed by atoms with Crippen LogP contribution in [0.2, 0.25) is 0 Å². The lowest BCUT2D eigenvalue weighted by atomic mass is 9.95. The topological polar surface area (TPSA) is 68.8 Å². The number of anilines is 2. The number of rotatable bonds is 1. The van der Waals surface area contributed by atoms with Gasteiger partial charge in [-0.05, 0) is 57.0 Å². The Balaban J connectivity index is 1.59. The molecule has 158 valence electrons. The second-order valence-corrected chi connectivity index (χ2v) is 8.96. The first-order valence-electron chi connectivity index (χ1n) is 10.3. The molecule has 0 radical (unpaired) electrons. The van der Waals surface area contributed by atoms with Crippen molar-refractivity contribution in [3.63, 3.8) is 0 Å². The normalized spacial score (nSPS) is 22.5. The number of likely N-dealkylation sites (tertiary alicyclic amines) is 1. The first kappa shape index (κ1) is 20.3. The highest BCUT2D eigenvalue weighted by molar-refractivity contribution is 6.05. The molecule has 7 heteroatoms. The zero-order valence-electron chi connectivity index (χ0n) is 17.6. The Morgan fingerprint density at radius 1 is 1.20 bits per heavy atom. The highest BCUT2D eigenvalue weighted by Gasteiger charge is 2.46. The number of carbonyl (C=O) groups excluding carboxylic acids is 1. The largest absolute Gasteiger partial charge is 0.342 e. The van der Waals surface area contributed by atoms with Crippen LogP contribution < -0.4 is 16.0 Å². The van der Waals surface area contributed by atoms with Gasteiger partial charge in [0.15, 0.2) is 0 Å². The summed E-state index contributed by atoms with van der Waals surface area (Å²) in [4.78, 5) is 19.6. The smallest absolute Gasteiger partial charge is 0.321 e. The number of amides is 2. The number of benzene rings is 2. The maximum Gasteiger partial charge on any atom is 0.321 e. The van der Waals surface area contributed by atoms with Crippen LogP contribution in [0.4, 0.5) is 20.6 Å². The van der Waals surface area contributed by atoms with Crippen molar-refractivity contribution >= 4 is 23.2 Å². The minimum Gasteiger partial charge on any atom is -0.342 e. The van der Waals surface area contributed by atoms with Crippen LogP contribution in [0.1, 0.15) is 32.8 Å². The van der Waals surface area contributed by atoms with Gasteiger partial charge in [-0.1, -0.05) is 24.3 Å². The predicted octanol–water partition coefficient (Wildman–Crippen LogP) is 4.21. The minimum atomic E-state index is -0.467. The number of carbonyl (C=O) groups is 1. The Kier molecular flexibility index (Phi) is 5.24. The van der Waals surface area contributed by atoms with E-state index in [1.165, 1.54) is 17.7 Å². The van der Waals surface area contributed by atoms with Crippen molar-refractivity contribution in [2.45, 2.75) is 44.8 Å². The molecule has 1 atom stereocenters. The van der Waals surface area contributed by atoms with E-state index in [0.717, 1.165) is 17.9 Å². The van der Waals surface area contributed by atoms with E-state index in [9.17, 15) is 9.18 Å². The fourth-order valence-corrected chi connectivity index (χ4v) is 3.95. The fourth-order valence-electron chi connectivity index (χ4n) is 3.95. The summed E-state index contributed by atoms with van der Waals surface area (Å²) in [5.41, 5.74) is 1.91. The molecule has 0 saturated carbocycles. The highest BCUT2D eigenvalue weighted by Crippen LogP contribution is 2.31. The molecule has 30 heavy (non-hydrogen) atoms. The summed E-state index contributed by atoms with van der Waals surface area (Å²) in [6.45, 7) is 7.94. The van der Waals surface area contributed by atoms with Gasteiger partial charge in [-0.25, -0.2) is 9.18 Å². The summed E-state index contributed by atoms with van der Waals surface area (Å²) in [6, 6.07) is 13.9. The second kappa shape index (κ2) is 7.72. The van der Waals surface area contributed by atoms with Gasteiger partial charge in [-0.2, -0.15) is 0 Å². The fraction of sp³-hybridized carbons (Fsp3) is 0.391. The summed E-state index contributed by atoms with van der Waals surface area (Å²) in [5, 5.41) is 10.0. The molecule has 0 aromatic heterocycles. The molecule has 2 aliphatic heterocycles. The number of halogens is 1. The summed E-state index contributed by atoms with van der Waals surface area (Å²) < 4.78 is 13.5. The zero-order valence-corrected chi connectivity index (χ0v) is 17.6. The molecule has 1 unspecified atom stereocenters. The molecule has 3 N–H and O–H groups in total. The van der Waals surface area contributed by atoms with Crippen LogP contribution in [0.15, 0.2) is 53.5 Å². The molecule has 1 fully saturated rings. The number of aliphatic imine (C=N–C) groups is 1. The van der Waals surface area contributed by atoms with Gasteiger partial charge in [0.25, 0.3) is 0 Å². The van der Waals surface area contributed by atoms with Gasteiger partial charge >= 0.3 is 6.03 Å². The number of nitrogens with one attached hydrogen (secondary N) is 3. The summed E-state index contributed by atoms with van der Waals surface area (Å²) >= 11 is 0. The van der Waals surface area contributed by atoms with Crippen LogP contribution in [-0.4, -0.2) is 40.9 Å². The van der Waals surface area contributed by atoms with E-state index in [0.29, 0.717) is 25.3 Å². The van der Waals surface area contributed by atoms with Crippen molar-refractivity contribution in [2.24, 2.45) is 4.99 Å². The Bertz CT molecular complexity index is 984. The van der Waals surface area contributed by atoms with Crippen molar-refractivity contribution in [1.82, 2.24) is 10.2 Å². The Morgan fingerprint density at radius 3 is 2.77 bits per heavy atom. The van der Waals surface area contributed by atoms with Gasteiger partial charge in [0.1, 0.15) is 11.7 Å².